The quantitative estimate of drug-likeness (QED) is 0.531. The fourth-order valence-corrected chi connectivity index (χ4v) is 3.24. The molecule has 0 amide bonds. The van der Waals surface area contributed by atoms with Gasteiger partial charge in [-0.1, -0.05) is 70.5 Å². The van der Waals surface area contributed by atoms with Crippen LogP contribution in [0.4, 0.5) is 0 Å². The first kappa shape index (κ1) is 17.2. The molecule has 0 bridgehead atoms. The molecule has 0 fully saturated rings. The van der Waals surface area contributed by atoms with Crippen molar-refractivity contribution in [3.05, 3.63) is 77.9 Å². The van der Waals surface area contributed by atoms with Crippen molar-refractivity contribution in [1.82, 2.24) is 0 Å². The molecule has 24 heavy (non-hydrogen) atoms. The average molecular weight is 389 g/mol. The molecule has 3 unspecified atom stereocenters. The van der Waals surface area contributed by atoms with E-state index in [0.717, 1.165) is 22.2 Å². The fourth-order valence-electron chi connectivity index (χ4n) is 2.72. The van der Waals surface area contributed by atoms with E-state index < -0.39 is 0 Å². The molecule has 3 rings (SSSR count). The Morgan fingerprint density at radius 2 is 1.88 bits per heavy atom. The molecule has 1 heterocycles. The van der Waals surface area contributed by atoms with Crippen LogP contribution in [0, 0.1) is 0 Å². The van der Waals surface area contributed by atoms with E-state index >= 15 is 0 Å². The van der Waals surface area contributed by atoms with Gasteiger partial charge in [0.2, 0.25) is 0 Å². The molecular formula is C20H21BrO3. The summed E-state index contributed by atoms with van der Waals surface area (Å²) >= 11 is 3.54. The minimum Gasteiger partial charge on any atom is -0.497 e. The lowest BCUT2D eigenvalue weighted by atomic mass is 10.0. The largest absolute Gasteiger partial charge is 0.497 e. The van der Waals surface area contributed by atoms with Gasteiger partial charge in [-0.15, -0.1) is 0 Å². The maximum absolute atomic E-state index is 6.18. The van der Waals surface area contributed by atoms with E-state index in [1.165, 1.54) is 0 Å². The Labute approximate surface area is 151 Å². The Hall–Kier alpha value is -1.62. The van der Waals surface area contributed by atoms with Gasteiger partial charge in [0, 0.05) is 5.33 Å². The van der Waals surface area contributed by atoms with Crippen LogP contribution in [0.25, 0.3) is 0 Å². The zero-order valence-corrected chi connectivity index (χ0v) is 15.2. The summed E-state index contributed by atoms with van der Waals surface area (Å²) in [5.74, 6) is 0.840. The van der Waals surface area contributed by atoms with E-state index in [0.29, 0.717) is 6.61 Å². The second kappa shape index (κ2) is 8.47. The Balaban J connectivity index is 1.65. The molecule has 2 aromatic rings. The number of alkyl halides is 1. The first-order chi connectivity index (χ1) is 11.8. The molecule has 0 N–H and O–H groups in total. The first-order valence-electron chi connectivity index (χ1n) is 7.99. The molecular weight excluding hydrogens is 368 g/mol. The van der Waals surface area contributed by atoms with Crippen LogP contribution in [0.15, 0.2) is 66.7 Å². The highest BCUT2D eigenvalue weighted by Crippen LogP contribution is 2.28. The van der Waals surface area contributed by atoms with Crippen molar-refractivity contribution < 1.29 is 14.2 Å². The highest BCUT2D eigenvalue weighted by atomic mass is 79.9. The maximum Gasteiger partial charge on any atom is 0.119 e. The summed E-state index contributed by atoms with van der Waals surface area (Å²) in [5, 5.41) is 0.726. The summed E-state index contributed by atoms with van der Waals surface area (Å²) in [5.41, 5.74) is 2.24. The number of hydrogen-bond donors (Lipinski definition) is 0. The van der Waals surface area contributed by atoms with Crippen LogP contribution in [0.1, 0.15) is 17.2 Å². The fraction of sp³-hybridized carbons (Fsp3) is 0.300. The summed E-state index contributed by atoms with van der Waals surface area (Å²) in [6.07, 6.45) is 4.06. The van der Waals surface area contributed by atoms with Crippen LogP contribution >= 0.6 is 15.9 Å². The lowest BCUT2D eigenvalue weighted by Crippen LogP contribution is -2.35. The Kier molecular flexibility index (Phi) is 6.07. The van der Waals surface area contributed by atoms with Gasteiger partial charge in [0.05, 0.1) is 19.8 Å². The van der Waals surface area contributed by atoms with E-state index in [1.807, 2.05) is 42.5 Å². The second-order valence-electron chi connectivity index (χ2n) is 5.67. The van der Waals surface area contributed by atoms with Gasteiger partial charge in [0.1, 0.15) is 18.0 Å². The SMILES string of the molecule is COc1cccc(COC2C=CC(c3ccccc3)OC2CBr)c1. The van der Waals surface area contributed by atoms with E-state index in [9.17, 15) is 0 Å². The summed E-state index contributed by atoms with van der Waals surface area (Å²) in [6, 6.07) is 18.2. The smallest absolute Gasteiger partial charge is 0.119 e. The highest BCUT2D eigenvalue weighted by molar-refractivity contribution is 9.09. The molecule has 0 radical (unpaired) electrons. The van der Waals surface area contributed by atoms with E-state index in [1.54, 1.807) is 7.11 Å². The van der Waals surface area contributed by atoms with Crippen LogP contribution in [0.5, 0.6) is 5.75 Å². The number of rotatable bonds is 6. The van der Waals surface area contributed by atoms with Gasteiger partial charge < -0.3 is 14.2 Å². The van der Waals surface area contributed by atoms with Gasteiger partial charge in [0.25, 0.3) is 0 Å². The standard InChI is InChI=1S/C20H21BrO3/c1-22-17-9-5-6-15(12-17)14-23-19-11-10-18(24-20(19)13-21)16-7-3-2-4-8-16/h2-12,18-20H,13-14H2,1H3. The molecule has 3 nitrogen and oxygen atoms in total. The Bertz CT molecular complexity index is 672. The number of benzene rings is 2. The lowest BCUT2D eigenvalue weighted by Gasteiger charge is -2.31. The van der Waals surface area contributed by atoms with Crippen LogP contribution < -0.4 is 4.74 Å². The normalized spacial score (nSPS) is 23.2. The van der Waals surface area contributed by atoms with Crippen molar-refractivity contribution in [1.29, 1.82) is 0 Å². The van der Waals surface area contributed by atoms with Gasteiger partial charge in [-0.25, -0.2) is 0 Å². The summed E-state index contributed by atoms with van der Waals surface area (Å²) < 4.78 is 17.5. The predicted molar refractivity (Wildman–Crippen MR) is 98.6 cm³/mol. The van der Waals surface area contributed by atoms with Crippen LogP contribution in [0.2, 0.25) is 0 Å². The van der Waals surface area contributed by atoms with E-state index in [-0.39, 0.29) is 18.3 Å². The van der Waals surface area contributed by atoms with Crippen LogP contribution in [-0.4, -0.2) is 24.6 Å². The minimum atomic E-state index is -0.0736. The molecule has 1 aliphatic rings. The summed E-state index contributed by atoms with van der Waals surface area (Å²) in [4.78, 5) is 0. The van der Waals surface area contributed by atoms with Gasteiger partial charge >= 0.3 is 0 Å². The third-order valence-electron chi connectivity index (χ3n) is 4.02. The number of hydrogen-bond acceptors (Lipinski definition) is 3. The van der Waals surface area contributed by atoms with E-state index in [2.05, 4.69) is 40.2 Å². The van der Waals surface area contributed by atoms with Crippen molar-refractivity contribution in [2.45, 2.75) is 24.9 Å². The van der Waals surface area contributed by atoms with Gasteiger partial charge in [0.15, 0.2) is 0 Å². The molecule has 0 aromatic heterocycles. The summed E-state index contributed by atoms with van der Waals surface area (Å²) in [6.45, 7) is 0.523. The molecule has 4 heteroatoms. The van der Waals surface area contributed by atoms with Crippen LogP contribution in [0.3, 0.4) is 0 Å². The first-order valence-corrected chi connectivity index (χ1v) is 9.11. The average Bonchev–Trinajstić information content (AvgIpc) is 2.67. The van der Waals surface area contributed by atoms with Crippen molar-refractivity contribution in [3.63, 3.8) is 0 Å². The van der Waals surface area contributed by atoms with Crippen molar-refractivity contribution in [2.24, 2.45) is 0 Å². The second-order valence-corrected chi connectivity index (χ2v) is 6.32. The van der Waals surface area contributed by atoms with E-state index in [4.69, 9.17) is 14.2 Å². The number of methoxy groups -OCH3 is 1. The zero-order valence-electron chi connectivity index (χ0n) is 13.6. The molecule has 0 saturated carbocycles. The van der Waals surface area contributed by atoms with Crippen molar-refractivity contribution in [2.75, 3.05) is 12.4 Å². The maximum atomic E-state index is 6.18. The third kappa shape index (κ3) is 4.26. The van der Waals surface area contributed by atoms with Crippen LogP contribution in [-0.2, 0) is 16.1 Å². The van der Waals surface area contributed by atoms with Gasteiger partial charge in [-0.05, 0) is 23.3 Å². The number of halogens is 1. The predicted octanol–water partition coefficient (Wildman–Crippen LogP) is 4.67. The summed E-state index contributed by atoms with van der Waals surface area (Å²) in [7, 11) is 1.67. The Morgan fingerprint density at radius 3 is 2.62 bits per heavy atom. The molecule has 2 aromatic carbocycles. The topological polar surface area (TPSA) is 27.7 Å². The van der Waals surface area contributed by atoms with Gasteiger partial charge in [-0.3, -0.25) is 0 Å². The number of ether oxygens (including phenoxy) is 3. The molecule has 3 atom stereocenters. The molecule has 0 spiro atoms. The zero-order chi connectivity index (χ0) is 16.8. The molecule has 1 aliphatic heterocycles. The Morgan fingerprint density at radius 1 is 1.04 bits per heavy atom. The molecule has 0 saturated heterocycles. The van der Waals surface area contributed by atoms with Crippen molar-refractivity contribution >= 4 is 15.9 Å². The third-order valence-corrected chi connectivity index (χ3v) is 4.66. The monoisotopic (exact) mass is 388 g/mol. The van der Waals surface area contributed by atoms with Crippen molar-refractivity contribution in [3.8, 4) is 5.75 Å². The molecule has 126 valence electrons. The highest BCUT2D eigenvalue weighted by Gasteiger charge is 2.27. The lowest BCUT2D eigenvalue weighted by molar-refractivity contribution is -0.0771. The minimum absolute atomic E-state index is 0.0224. The van der Waals surface area contributed by atoms with Gasteiger partial charge in [-0.2, -0.15) is 0 Å². The molecule has 0 aliphatic carbocycles.